The molecule has 2 rings (SSSR count). The fourth-order valence-electron chi connectivity index (χ4n) is 2.28. The van der Waals surface area contributed by atoms with Crippen molar-refractivity contribution in [2.24, 2.45) is 5.73 Å². The molecule has 0 saturated heterocycles. The number of nitrogens with one attached hydrogen (secondary N) is 1. The molecule has 98 valence electrons. The van der Waals surface area contributed by atoms with Crippen LogP contribution in [0.25, 0.3) is 0 Å². The first-order valence-electron chi connectivity index (χ1n) is 6.13. The largest absolute Gasteiger partial charge is 0.507 e. The summed E-state index contributed by atoms with van der Waals surface area (Å²) < 4.78 is 0.762. The smallest absolute Gasteiger partial charge is 0.255 e. The van der Waals surface area contributed by atoms with E-state index in [1.807, 2.05) is 0 Å². The summed E-state index contributed by atoms with van der Waals surface area (Å²) in [6, 6.07) is 4.82. The lowest BCUT2D eigenvalue weighted by Gasteiger charge is -2.29. The van der Waals surface area contributed by atoms with Crippen molar-refractivity contribution in [2.45, 2.75) is 37.8 Å². The standard InChI is InChI=1S/C13H17BrN2O2/c14-8-5-6-12(17)9(7-8)13(18)16-11-4-2-1-3-10(11)15/h5-7,10-11,17H,1-4,15H2,(H,16,18). The molecule has 5 heteroatoms. The predicted octanol–water partition coefficient (Wildman–Crippen LogP) is 2.15. The molecule has 4 N–H and O–H groups in total. The maximum Gasteiger partial charge on any atom is 0.255 e. The first-order chi connectivity index (χ1) is 8.58. The van der Waals surface area contributed by atoms with Gasteiger partial charge in [0.15, 0.2) is 0 Å². The lowest BCUT2D eigenvalue weighted by atomic mass is 9.91. The van der Waals surface area contributed by atoms with Gasteiger partial charge in [0.2, 0.25) is 0 Å². The zero-order valence-electron chi connectivity index (χ0n) is 10.0. The number of halogens is 1. The Hall–Kier alpha value is -1.07. The van der Waals surface area contributed by atoms with E-state index in [2.05, 4.69) is 21.2 Å². The molecule has 4 nitrogen and oxygen atoms in total. The van der Waals surface area contributed by atoms with Gasteiger partial charge in [0.05, 0.1) is 5.56 Å². The molecule has 0 spiro atoms. The van der Waals surface area contributed by atoms with Crippen LogP contribution in [0, 0.1) is 0 Å². The van der Waals surface area contributed by atoms with Gasteiger partial charge in [-0.3, -0.25) is 4.79 Å². The SMILES string of the molecule is NC1CCCCC1NC(=O)c1cc(Br)ccc1O. The van der Waals surface area contributed by atoms with Crippen LogP contribution in [0.2, 0.25) is 0 Å². The van der Waals surface area contributed by atoms with Gasteiger partial charge >= 0.3 is 0 Å². The van der Waals surface area contributed by atoms with Crippen molar-refractivity contribution in [3.8, 4) is 5.75 Å². The average Bonchev–Trinajstić information content (AvgIpc) is 2.35. The molecule has 1 aliphatic carbocycles. The average molecular weight is 313 g/mol. The molecule has 1 aliphatic rings. The van der Waals surface area contributed by atoms with Crippen LogP contribution in [0.15, 0.2) is 22.7 Å². The summed E-state index contributed by atoms with van der Waals surface area (Å²) in [5.74, 6) is -0.281. The van der Waals surface area contributed by atoms with E-state index in [9.17, 15) is 9.90 Å². The van der Waals surface area contributed by atoms with Crippen LogP contribution in [-0.2, 0) is 0 Å². The summed E-state index contributed by atoms with van der Waals surface area (Å²) in [6.07, 6.45) is 4.05. The lowest BCUT2D eigenvalue weighted by molar-refractivity contribution is 0.0918. The number of nitrogens with two attached hydrogens (primary N) is 1. The minimum atomic E-state index is -0.267. The van der Waals surface area contributed by atoms with E-state index in [1.54, 1.807) is 12.1 Å². The molecule has 0 aliphatic heterocycles. The highest BCUT2D eigenvalue weighted by Gasteiger charge is 2.24. The van der Waals surface area contributed by atoms with Crippen LogP contribution in [0.3, 0.4) is 0 Å². The zero-order chi connectivity index (χ0) is 13.1. The summed E-state index contributed by atoms with van der Waals surface area (Å²) in [4.78, 5) is 12.1. The van der Waals surface area contributed by atoms with Crippen molar-refractivity contribution >= 4 is 21.8 Å². The molecule has 0 radical (unpaired) electrons. The van der Waals surface area contributed by atoms with Crippen LogP contribution >= 0.6 is 15.9 Å². The molecule has 0 aromatic heterocycles. The summed E-state index contributed by atoms with van der Waals surface area (Å²) in [6.45, 7) is 0. The van der Waals surface area contributed by atoms with Gasteiger partial charge in [-0.15, -0.1) is 0 Å². The number of phenols is 1. The molecule has 2 atom stereocenters. The summed E-state index contributed by atoms with van der Waals surface area (Å²) in [5.41, 5.74) is 6.27. The maximum absolute atomic E-state index is 12.1. The first kappa shape index (κ1) is 13.4. The normalized spacial score (nSPS) is 23.7. The van der Waals surface area contributed by atoms with Gasteiger partial charge in [-0.1, -0.05) is 28.8 Å². The van der Waals surface area contributed by atoms with Gasteiger partial charge in [0.25, 0.3) is 5.91 Å². The van der Waals surface area contributed by atoms with Gasteiger partial charge in [0.1, 0.15) is 5.75 Å². The number of hydrogen-bond acceptors (Lipinski definition) is 3. The Morgan fingerprint density at radius 2 is 2.11 bits per heavy atom. The Bertz CT molecular complexity index is 451. The van der Waals surface area contributed by atoms with Gasteiger partial charge in [-0.25, -0.2) is 0 Å². The fourth-order valence-corrected chi connectivity index (χ4v) is 2.64. The minimum absolute atomic E-state index is 0.00429. The number of carbonyl (C=O) groups excluding carboxylic acids is 1. The third kappa shape index (κ3) is 3.03. The number of rotatable bonds is 2. The molecule has 18 heavy (non-hydrogen) atoms. The molecule has 0 heterocycles. The third-order valence-electron chi connectivity index (χ3n) is 3.34. The quantitative estimate of drug-likeness (QED) is 0.783. The topological polar surface area (TPSA) is 75.3 Å². The Labute approximate surface area is 115 Å². The van der Waals surface area contributed by atoms with Crippen LogP contribution in [0.5, 0.6) is 5.75 Å². The molecular formula is C13H17BrN2O2. The Kier molecular flexibility index (Phi) is 4.24. The number of phenolic OH excluding ortho intramolecular Hbond substituents is 1. The molecule has 2 unspecified atom stereocenters. The van der Waals surface area contributed by atoms with Crippen molar-refractivity contribution in [3.63, 3.8) is 0 Å². The Morgan fingerprint density at radius 1 is 1.39 bits per heavy atom. The second-order valence-corrected chi connectivity index (χ2v) is 5.61. The van der Waals surface area contributed by atoms with Crippen LogP contribution < -0.4 is 11.1 Å². The second kappa shape index (κ2) is 5.71. The Morgan fingerprint density at radius 3 is 2.83 bits per heavy atom. The molecule has 1 saturated carbocycles. The van der Waals surface area contributed by atoms with Crippen LogP contribution in [-0.4, -0.2) is 23.1 Å². The molecule has 1 amide bonds. The van der Waals surface area contributed by atoms with E-state index in [0.29, 0.717) is 0 Å². The van der Waals surface area contributed by atoms with E-state index >= 15 is 0 Å². The minimum Gasteiger partial charge on any atom is -0.507 e. The van der Waals surface area contributed by atoms with Gasteiger partial charge in [-0.05, 0) is 31.0 Å². The van der Waals surface area contributed by atoms with E-state index < -0.39 is 0 Å². The van der Waals surface area contributed by atoms with E-state index in [-0.39, 0.29) is 29.3 Å². The maximum atomic E-state index is 12.1. The fraction of sp³-hybridized carbons (Fsp3) is 0.462. The van der Waals surface area contributed by atoms with Crippen LogP contribution in [0.1, 0.15) is 36.0 Å². The number of benzene rings is 1. The van der Waals surface area contributed by atoms with Crippen LogP contribution in [0.4, 0.5) is 0 Å². The molecular weight excluding hydrogens is 296 g/mol. The van der Waals surface area contributed by atoms with Crippen molar-refractivity contribution in [1.82, 2.24) is 5.32 Å². The van der Waals surface area contributed by atoms with Gasteiger partial charge < -0.3 is 16.2 Å². The predicted molar refractivity (Wildman–Crippen MR) is 73.5 cm³/mol. The van der Waals surface area contributed by atoms with Crippen molar-refractivity contribution in [2.75, 3.05) is 0 Å². The molecule has 1 aromatic carbocycles. The number of hydrogen-bond donors (Lipinski definition) is 3. The molecule has 0 bridgehead atoms. The van der Waals surface area contributed by atoms with E-state index in [4.69, 9.17) is 5.73 Å². The van der Waals surface area contributed by atoms with E-state index in [1.165, 1.54) is 6.07 Å². The summed E-state index contributed by atoms with van der Waals surface area (Å²) >= 11 is 3.29. The van der Waals surface area contributed by atoms with Crippen molar-refractivity contribution < 1.29 is 9.90 Å². The van der Waals surface area contributed by atoms with Gasteiger partial charge in [0, 0.05) is 16.6 Å². The van der Waals surface area contributed by atoms with E-state index in [0.717, 1.165) is 30.2 Å². The van der Waals surface area contributed by atoms with Crippen molar-refractivity contribution in [3.05, 3.63) is 28.2 Å². The number of carbonyl (C=O) groups is 1. The molecule has 1 aromatic rings. The third-order valence-corrected chi connectivity index (χ3v) is 3.83. The highest BCUT2D eigenvalue weighted by atomic mass is 79.9. The number of aromatic hydroxyl groups is 1. The monoisotopic (exact) mass is 312 g/mol. The highest BCUT2D eigenvalue weighted by molar-refractivity contribution is 9.10. The number of amides is 1. The lowest BCUT2D eigenvalue weighted by Crippen LogP contribution is -2.49. The zero-order valence-corrected chi connectivity index (χ0v) is 11.6. The second-order valence-electron chi connectivity index (χ2n) is 4.69. The summed E-state index contributed by atoms with van der Waals surface area (Å²) in [5, 5.41) is 12.6. The highest BCUT2D eigenvalue weighted by Crippen LogP contribution is 2.23. The molecule has 1 fully saturated rings. The first-order valence-corrected chi connectivity index (χ1v) is 6.92. The Balaban J connectivity index is 2.09. The van der Waals surface area contributed by atoms with Crippen molar-refractivity contribution in [1.29, 1.82) is 0 Å². The van der Waals surface area contributed by atoms with Gasteiger partial charge in [-0.2, -0.15) is 0 Å². The summed E-state index contributed by atoms with van der Waals surface area (Å²) in [7, 11) is 0.